The van der Waals surface area contributed by atoms with Gasteiger partial charge >= 0.3 is 6.18 Å². The van der Waals surface area contributed by atoms with E-state index in [4.69, 9.17) is 5.11 Å². The first-order chi connectivity index (χ1) is 5.33. The van der Waals surface area contributed by atoms with Crippen LogP contribution in [-0.4, -0.2) is 23.6 Å². The predicted molar refractivity (Wildman–Crippen MR) is 34.2 cm³/mol. The molecule has 2 unspecified atom stereocenters. The zero-order valence-corrected chi connectivity index (χ0v) is 6.16. The summed E-state index contributed by atoms with van der Waals surface area (Å²) in [4.78, 5) is 0. The van der Waals surface area contributed by atoms with E-state index in [1.807, 2.05) is 0 Å². The zero-order valence-electron chi connectivity index (χ0n) is 6.16. The molecule has 12 heavy (non-hydrogen) atoms. The lowest BCUT2D eigenvalue weighted by atomic mass is 10.0. The Balaban J connectivity index is 2.92. The van der Waals surface area contributed by atoms with Crippen molar-refractivity contribution in [1.29, 1.82) is 0 Å². The minimum Gasteiger partial charge on any atom is -0.395 e. The van der Waals surface area contributed by atoms with E-state index in [0.29, 0.717) is 6.08 Å². The molecule has 70 valence electrons. The summed E-state index contributed by atoms with van der Waals surface area (Å²) in [6.45, 7) is 1.74. The summed E-state index contributed by atoms with van der Waals surface area (Å²) in [7, 11) is 0. The second kappa shape index (κ2) is 2.22. The third kappa shape index (κ3) is 0.888. The van der Waals surface area contributed by atoms with Crippen molar-refractivity contribution in [3.63, 3.8) is 0 Å². The van der Waals surface area contributed by atoms with Crippen LogP contribution >= 0.6 is 0 Å². The highest BCUT2D eigenvalue weighted by molar-refractivity contribution is 5.27. The molecule has 0 aromatic rings. The monoisotopic (exact) mass is 184 g/mol. The lowest BCUT2D eigenvalue weighted by Crippen LogP contribution is -2.34. The summed E-state index contributed by atoms with van der Waals surface area (Å²) >= 11 is 0. The Morgan fingerprint density at radius 2 is 2.00 bits per heavy atom. The molecule has 1 N–H and O–H groups in total. The molecule has 0 aromatic carbocycles. The van der Waals surface area contributed by atoms with Crippen molar-refractivity contribution in [2.45, 2.75) is 18.3 Å². The summed E-state index contributed by atoms with van der Waals surface area (Å²) in [5.41, 5.74) is -5.07. The second-order valence-corrected chi connectivity index (χ2v) is 2.98. The van der Waals surface area contributed by atoms with E-state index in [1.54, 1.807) is 0 Å². The van der Waals surface area contributed by atoms with E-state index in [1.165, 1.54) is 0 Å². The summed E-state index contributed by atoms with van der Waals surface area (Å²) < 4.78 is 49.4. The lowest BCUT2D eigenvalue weighted by molar-refractivity contribution is -0.207. The number of aliphatic hydroxyl groups excluding tert-OH is 1. The molecule has 0 radical (unpaired) electrons. The van der Waals surface area contributed by atoms with Crippen molar-refractivity contribution in [1.82, 2.24) is 0 Å². The standard InChI is InChI=1S/C7H8F4O/c1-2-6(8)3-5(6,4-12)7(9,10)11/h2,12H,1,3-4H2. The highest BCUT2D eigenvalue weighted by atomic mass is 19.4. The molecule has 0 heterocycles. The minimum absolute atomic E-state index is 0.608. The van der Waals surface area contributed by atoms with Gasteiger partial charge in [0, 0.05) is 6.42 Å². The predicted octanol–water partition coefficient (Wildman–Crippen LogP) is 1.83. The molecule has 0 bridgehead atoms. The number of hydrogen-bond donors (Lipinski definition) is 1. The second-order valence-electron chi connectivity index (χ2n) is 2.98. The van der Waals surface area contributed by atoms with Crippen molar-refractivity contribution in [3.8, 4) is 0 Å². The molecule has 1 aliphatic carbocycles. The van der Waals surface area contributed by atoms with Crippen molar-refractivity contribution in [3.05, 3.63) is 12.7 Å². The maximum absolute atomic E-state index is 13.0. The average Bonchev–Trinajstić information content (AvgIpc) is 2.58. The van der Waals surface area contributed by atoms with Crippen LogP contribution in [0.4, 0.5) is 17.6 Å². The van der Waals surface area contributed by atoms with Gasteiger partial charge in [0.05, 0.1) is 6.61 Å². The van der Waals surface area contributed by atoms with E-state index >= 15 is 0 Å². The Morgan fingerprint density at radius 3 is 2.08 bits per heavy atom. The van der Waals surface area contributed by atoms with Crippen LogP contribution in [0.5, 0.6) is 0 Å². The van der Waals surface area contributed by atoms with Gasteiger partial charge in [-0.2, -0.15) is 13.2 Å². The van der Waals surface area contributed by atoms with Crippen molar-refractivity contribution in [2.75, 3.05) is 6.61 Å². The number of rotatable bonds is 2. The Hall–Kier alpha value is -0.580. The van der Waals surface area contributed by atoms with Gasteiger partial charge in [-0.25, -0.2) is 4.39 Å². The van der Waals surface area contributed by atoms with E-state index < -0.39 is 30.3 Å². The fraction of sp³-hybridized carbons (Fsp3) is 0.714. The molecule has 0 amide bonds. The van der Waals surface area contributed by atoms with Gasteiger partial charge in [-0.1, -0.05) is 12.7 Å². The van der Waals surface area contributed by atoms with E-state index in [-0.39, 0.29) is 0 Å². The van der Waals surface area contributed by atoms with Crippen LogP contribution in [0.25, 0.3) is 0 Å². The van der Waals surface area contributed by atoms with Crippen LogP contribution in [0.1, 0.15) is 6.42 Å². The molecule has 1 rings (SSSR count). The van der Waals surface area contributed by atoms with Crippen LogP contribution in [0.3, 0.4) is 0 Å². The molecule has 5 heteroatoms. The molecule has 1 fully saturated rings. The molecular weight excluding hydrogens is 176 g/mol. The fourth-order valence-electron chi connectivity index (χ4n) is 1.28. The highest BCUT2D eigenvalue weighted by Crippen LogP contribution is 2.67. The Kier molecular flexibility index (Phi) is 1.76. The highest BCUT2D eigenvalue weighted by Gasteiger charge is 2.80. The molecule has 0 spiro atoms. The van der Waals surface area contributed by atoms with Gasteiger partial charge < -0.3 is 5.11 Å². The number of alkyl halides is 4. The van der Waals surface area contributed by atoms with Crippen LogP contribution in [0.15, 0.2) is 12.7 Å². The quantitative estimate of drug-likeness (QED) is 0.512. The van der Waals surface area contributed by atoms with Crippen molar-refractivity contribution in [2.24, 2.45) is 5.41 Å². The Labute approximate surface area is 66.7 Å². The van der Waals surface area contributed by atoms with Crippen molar-refractivity contribution < 1.29 is 22.7 Å². The van der Waals surface area contributed by atoms with Gasteiger partial charge in [-0.15, -0.1) is 0 Å². The maximum Gasteiger partial charge on any atom is 0.400 e. The minimum atomic E-state index is -4.70. The summed E-state index contributed by atoms with van der Waals surface area (Å²) in [6, 6.07) is 0. The molecule has 1 aliphatic rings. The average molecular weight is 184 g/mol. The third-order valence-corrected chi connectivity index (χ3v) is 2.37. The van der Waals surface area contributed by atoms with Crippen molar-refractivity contribution >= 4 is 0 Å². The first kappa shape index (κ1) is 9.51. The van der Waals surface area contributed by atoms with Gasteiger partial charge in [0.2, 0.25) is 0 Å². The Bertz CT molecular complexity index is 212. The van der Waals surface area contributed by atoms with E-state index in [0.717, 1.165) is 0 Å². The van der Waals surface area contributed by atoms with E-state index in [2.05, 4.69) is 6.58 Å². The zero-order chi connectivity index (χ0) is 9.62. The smallest absolute Gasteiger partial charge is 0.395 e. The van der Waals surface area contributed by atoms with Gasteiger partial charge in [0.25, 0.3) is 0 Å². The number of allylic oxidation sites excluding steroid dienone is 1. The van der Waals surface area contributed by atoms with Crippen LogP contribution < -0.4 is 0 Å². The van der Waals surface area contributed by atoms with Crippen LogP contribution in [-0.2, 0) is 0 Å². The fourth-order valence-corrected chi connectivity index (χ4v) is 1.28. The third-order valence-electron chi connectivity index (χ3n) is 2.37. The largest absolute Gasteiger partial charge is 0.400 e. The van der Waals surface area contributed by atoms with Crippen LogP contribution in [0, 0.1) is 5.41 Å². The summed E-state index contributed by atoms with van der Waals surface area (Å²) in [6.07, 6.45) is -4.81. The number of halogens is 4. The summed E-state index contributed by atoms with van der Waals surface area (Å²) in [5.74, 6) is 0. The first-order valence-electron chi connectivity index (χ1n) is 3.33. The Morgan fingerprint density at radius 1 is 1.50 bits per heavy atom. The topological polar surface area (TPSA) is 20.2 Å². The van der Waals surface area contributed by atoms with Gasteiger partial charge in [-0.05, 0) is 0 Å². The maximum atomic E-state index is 13.0. The number of hydrogen-bond acceptors (Lipinski definition) is 1. The molecule has 0 saturated heterocycles. The number of aliphatic hydroxyl groups is 1. The molecule has 0 aliphatic heterocycles. The molecule has 1 nitrogen and oxygen atoms in total. The SMILES string of the molecule is C=CC1(F)CC1(CO)C(F)(F)F. The van der Waals surface area contributed by atoms with Crippen LogP contribution in [0.2, 0.25) is 0 Å². The summed E-state index contributed by atoms with van der Waals surface area (Å²) in [5, 5.41) is 8.45. The molecule has 2 atom stereocenters. The molecule has 0 aromatic heterocycles. The van der Waals surface area contributed by atoms with Gasteiger partial charge in [0.15, 0.2) is 0 Å². The molecular formula is C7H8F4O. The van der Waals surface area contributed by atoms with Gasteiger partial charge in [-0.3, -0.25) is 0 Å². The first-order valence-corrected chi connectivity index (χ1v) is 3.33. The van der Waals surface area contributed by atoms with Gasteiger partial charge in [0.1, 0.15) is 11.1 Å². The lowest BCUT2D eigenvalue weighted by Gasteiger charge is -2.18. The van der Waals surface area contributed by atoms with E-state index in [9.17, 15) is 17.6 Å². The normalized spacial score (nSPS) is 41.1. The molecule has 1 saturated carbocycles.